The first-order chi connectivity index (χ1) is 5.83. The molecule has 0 aliphatic heterocycles. The molecule has 0 radical (unpaired) electrons. The van der Waals surface area contributed by atoms with Crippen molar-refractivity contribution in [2.24, 2.45) is 0 Å². The lowest BCUT2D eigenvalue weighted by atomic mass is 10.4. The lowest BCUT2D eigenvalue weighted by Gasteiger charge is -2.09. The predicted molar refractivity (Wildman–Crippen MR) is 46.8 cm³/mol. The number of hydrogen-bond acceptors (Lipinski definition) is 3. The number of ether oxygens (including phenoxy) is 1. The van der Waals surface area contributed by atoms with Crippen molar-refractivity contribution < 1.29 is 4.74 Å². The predicted octanol–water partition coefficient (Wildman–Crippen LogP) is 0.534. The highest BCUT2D eigenvalue weighted by Gasteiger charge is 1.98. The van der Waals surface area contributed by atoms with Gasteiger partial charge in [0.05, 0.1) is 12.4 Å². The third-order valence-electron chi connectivity index (χ3n) is 1.70. The van der Waals surface area contributed by atoms with Gasteiger partial charge in [-0.05, 0) is 6.92 Å². The molecular formula is C8H15N3O. The number of nitrogens with zero attached hydrogens (tertiary/aromatic N) is 1. The molecular weight excluding hydrogens is 154 g/mol. The second kappa shape index (κ2) is 4.90. The van der Waals surface area contributed by atoms with Crippen LogP contribution < -0.4 is 5.32 Å². The largest absolute Gasteiger partial charge is 0.380 e. The van der Waals surface area contributed by atoms with Crippen LogP contribution in [-0.4, -0.2) is 29.7 Å². The molecule has 0 saturated heterocycles. The fraction of sp³-hybridized carbons (Fsp3) is 0.625. The standard InChI is InChI=1S/C8H15N3O/c1-7(12-2)3-9-4-8-5-10-6-11-8/h5-7,9H,3-4H2,1-2H3,(H,10,11). The van der Waals surface area contributed by atoms with Gasteiger partial charge in [-0.25, -0.2) is 4.98 Å². The summed E-state index contributed by atoms with van der Waals surface area (Å²) in [4.78, 5) is 6.93. The van der Waals surface area contributed by atoms with Crippen LogP contribution in [0.1, 0.15) is 12.6 Å². The lowest BCUT2D eigenvalue weighted by molar-refractivity contribution is 0.117. The molecule has 12 heavy (non-hydrogen) atoms. The van der Waals surface area contributed by atoms with E-state index in [1.807, 2.05) is 13.1 Å². The van der Waals surface area contributed by atoms with E-state index >= 15 is 0 Å². The highest BCUT2D eigenvalue weighted by Crippen LogP contribution is 1.90. The van der Waals surface area contributed by atoms with Gasteiger partial charge in [-0.2, -0.15) is 0 Å². The van der Waals surface area contributed by atoms with Gasteiger partial charge in [0.1, 0.15) is 0 Å². The van der Waals surface area contributed by atoms with Crippen LogP contribution in [0.15, 0.2) is 12.5 Å². The Hall–Kier alpha value is -0.870. The second-order valence-corrected chi connectivity index (χ2v) is 2.75. The van der Waals surface area contributed by atoms with E-state index in [1.165, 1.54) is 0 Å². The summed E-state index contributed by atoms with van der Waals surface area (Å²) in [6.07, 6.45) is 3.74. The van der Waals surface area contributed by atoms with E-state index in [-0.39, 0.29) is 6.10 Å². The molecule has 0 aromatic carbocycles. The van der Waals surface area contributed by atoms with Crippen molar-refractivity contribution in [3.8, 4) is 0 Å². The summed E-state index contributed by atoms with van der Waals surface area (Å²) in [6.45, 7) is 3.70. The van der Waals surface area contributed by atoms with Crippen molar-refractivity contribution in [2.75, 3.05) is 13.7 Å². The Balaban J connectivity index is 2.11. The van der Waals surface area contributed by atoms with E-state index in [0.29, 0.717) is 0 Å². The van der Waals surface area contributed by atoms with Crippen molar-refractivity contribution in [2.45, 2.75) is 19.6 Å². The molecule has 0 fully saturated rings. The molecule has 1 unspecified atom stereocenters. The third-order valence-corrected chi connectivity index (χ3v) is 1.70. The molecule has 0 saturated carbocycles. The van der Waals surface area contributed by atoms with E-state index < -0.39 is 0 Å². The van der Waals surface area contributed by atoms with Crippen LogP contribution >= 0.6 is 0 Å². The summed E-state index contributed by atoms with van der Waals surface area (Å²) in [5.41, 5.74) is 1.10. The number of imidazole rings is 1. The van der Waals surface area contributed by atoms with Crippen LogP contribution in [0.4, 0.5) is 0 Å². The van der Waals surface area contributed by atoms with Crippen LogP contribution in [0.3, 0.4) is 0 Å². The van der Waals surface area contributed by atoms with Gasteiger partial charge in [0.2, 0.25) is 0 Å². The van der Waals surface area contributed by atoms with Crippen LogP contribution in [0, 0.1) is 0 Å². The molecule has 0 aliphatic rings. The minimum absolute atomic E-state index is 0.257. The molecule has 0 amide bonds. The van der Waals surface area contributed by atoms with Crippen molar-refractivity contribution in [3.63, 3.8) is 0 Å². The monoisotopic (exact) mass is 169 g/mol. The number of H-pyrrole nitrogens is 1. The number of nitrogens with one attached hydrogen (secondary N) is 2. The van der Waals surface area contributed by atoms with Crippen molar-refractivity contribution in [1.29, 1.82) is 0 Å². The summed E-state index contributed by atoms with van der Waals surface area (Å²) < 4.78 is 5.08. The molecule has 0 bridgehead atoms. The van der Waals surface area contributed by atoms with Gasteiger partial charge in [-0.3, -0.25) is 0 Å². The minimum Gasteiger partial charge on any atom is -0.380 e. The van der Waals surface area contributed by atoms with Gasteiger partial charge in [0.15, 0.2) is 0 Å². The van der Waals surface area contributed by atoms with Crippen molar-refractivity contribution in [1.82, 2.24) is 15.3 Å². The van der Waals surface area contributed by atoms with Crippen LogP contribution in [0.5, 0.6) is 0 Å². The number of aromatic nitrogens is 2. The van der Waals surface area contributed by atoms with Crippen molar-refractivity contribution >= 4 is 0 Å². The topological polar surface area (TPSA) is 49.9 Å². The molecule has 1 atom stereocenters. The van der Waals surface area contributed by atoms with Gasteiger partial charge in [-0.15, -0.1) is 0 Å². The Kier molecular flexibility index (Phi) is 3.76. The molecule has 1 aromatic rings. The molecule has 1 aromatic heterocycles. The van der Waals surface area contributed by atoms with Gasteiger partial charge >= 0.3 is 0 Å². The van der Waals surface area contributed by atoms with Crippen molar-refractivity contribution in [3.05, 3.63) is 18.2 Å². The number of methoxy groups -OCH3 is 1. The summed E-state index contributed by atoms with van der Waals surface area (Å²) in [5.74, 6) is 0. The molecule has 0 spiro atoms. The Morgan fingerprint density at radius 1 is 1.75 bits per heavy atom. The molecule has 4 heteroatoms. The van der Waals surface area contributed by atoms with E-state index in [1.54, 1.807) is 13.4 Å². The summed E-state index contributed by atoms with van der Waals surface area (Å²) >= 11 is 0. The fourth-order valence-corrected chi connectivity index (χ4v) is 0.875. The molecule has 4 nitrogen and oxygen atoms in total. The Morgan fingerprint density at radius 3 is 3.17 bits per heavy atom. The smallest absolute Gasteiger partial charge is 0.0922 e. The van der Waals surface area contributed by atoms with E-state index in [2.05, 4.69) is 15.3 Å². The Labute approximate surface area is 72.3 Å². The van der Waals surface area contributed by atoms with Crippen LogP contribution in [0.25, 0.3) is 0 Å². The highest BCUT2D eigenvalue weighted by atomic mass is 16.5. The average molecular weight is 169 g/mol. The fourth-order valence-electron chi connectivity index (χ4n) is 0.875. The normalized spacial score (nSPS) is 13.2. The van der Waals surface area contributed by atoms with Gasteiger partial charge in [0, 0.05) is 32.1 Å². The maximum Gasteiger partial charge on any atom is 0.0922 e. The summed E-state index contributed by atoms with van der Waals surface area (Å²) in [7, 11) is 1.71. The Morgan fingerprint density at radius 2 is 2.58 bits per heavy atom. The lowest BCUT2D eigenvalue weighted by Crippen LogP contribution is -2.25. The van der Waals surface area contributed by atoms with Gasteiger partial charge in [-0.1, -0.05) is 0 Å². The van der Waals surface area contributed by atoms with Gasteiger partial charge in [0.25, 0.3) is 0 Å². The minimum atomic E-state index is 0.257. The maximum absolute atomic E-state index is 5.08. The molecule has 2 N–H and O–H groups in total. The number of aromatic amines is 1. The zero-order chi connectivity index (χ0) is 8.81. The van der Waals surface area contributed by atoms with E-state index in [0.717, 1.165) is 18.8 Å². The average Bonchev–Trinajstić information content (AvgIpc) is 2.57. The molecule has 0 aliphatic carbocycles. The van der Waals surface area contributed by atoms with E-state index in [9.17, 15) is 0 Å². The summed E-state index contributed by atoms with van der Waals surface area (Å²) in [5, 5.41) is 3.24. The first-order valence-electron chi connectivity index (χ1n) is 4.03. The molecule has 68 valence electrons. The first-order valence-corrected chi connectivity index (χ1v) is 4.03. The van der Waals surface area contributed by atoms with E-state index in [4.69, 9.17) is 4.74 Å². The maximum atomic E-state index is 5.08. The SMILES string of the molecule is COC(C)CNCc1cnc[nH]1. The summed E-state index contributed by atoms with van der Waals surface area (Å²) in [6, 6.07) is 0. The Bertz CT molecular complexity index is 198. The van der Waals surface area contributed by atoms with Crippen LogP contribution in [0.2, 0.25) is 0 Å². The highest BCUT2D eigenvalue weighted by molar-refractivity contribution is 4.92. The number of rotatable bonds is 5. The zero-order valence-corrected chi connectivity index (χ0v) is 7.50. The molecule has 1 heterocycles. The first kappa shape index (κ1) is 9.22. The second-order valence-electron chi connectivity index (χ2n) is 2.75. The van der Waals surface area contributed by atoms with Crippen LogP contribution in [-0.2, 0) is 11.3 Å². The number of hydrogen-bond donors (Lipinski definition) is 2. The van der Waals surface area contributed by atoms with Gasteiger partial charge < -0.3 is 15.0 Å². The molecule has 1 rings (SSSR count). The zero-order valence-electron chi connectivity index (χ0n) is 7.50. The third kappa shape index (κ3) is 3.02. The quantitative estimate of drug-likeness (QED) is 0.676.